The highest BCUT2D eigenvalue weighted by Crippen LogP contribution is 2.34. The summed E-state index contributed by atoms with van der Waals surface area (Å²) in [4.78, 5) is 12.3. The number of rotatable bonds is 3. The Balaban J connectivity index is 0.00000220. The van der Waals surface area contributed by atoms with Gasteiger partial charge in [0.25, 0.3) is 0 Å². The van der Waals surface area contributed by atoms with Crippen molar-refractivity contribution in [3.05, 3.63) is 35.9 Å². The van der Waals surface area contributed by atoms with Crippen molar-refractivity contribution in [3.63, 3.8) is 0 Å². The molecule has 0 radical (unpaired) electrons. The van der Waals surface area contributed by atoms with Crippen molar-refractivity contribution < 1.29 is 4.79 Å². The highest BCUT2D eigenvalue weighted by molar-refractivity contribution is 5.85. The van der Waals surface area contributed by atoms with E-state index >= 15 is 0 Å². The minimum atomic E-state index is -0.459. The van der Waals surface area contributed by atoms with Crippen LogP contribution in [0.25, 0.3) is 0 Å². The fraction of sp³-hybridized carbons (Fsp3) is 0.588. The molecule has 2 rings (SSSR count). The molecule has 0 spiro atoms. The van der Waals surface area contributed by atoms with Gasteiger partial charge in [-0.2, -0.15) is 0 Å². The molecule has 21 heavy (non-hydrogen) atoms. The predicted octanol–water partition coefficient (Wildman–Crippen LogP) is 3.23. The highest BCUT2D eigenvalue weighted by Gasteiger charge is 2.33. The van der Waals surface area contributed by atoms with Gasteiger partial charge < -0.3 is 11.1 Å². The van der Waals surface area contributed by atoms with Gasteiger partial charge in [0.1, 0.15) is 0 Å². The summed E-state index contributed by atoms with van der Waals surface area (Å²) < 4.78 is 0. The molecule has 0 saturated heterocycles. The van der Waals surface area contributed by atoms with E-state index in [1.807, 2.05) is 26.8 Å². The molecule has 1 aromatic rings. The number of halogens is 1. The van der Waals surface area contributed by atoms with Gasteiger partial charge in [-0.15, -0.1) is 12.4 Å². The molecule has 0 aliphatic heterocycles. The minimum absolute atomic E-state index is 0. The van der Waals surface area contributed by atoms with Crippen LogP contribution in [0.3, 0.4) is 0 Å². The lowest BCUT2D eigenvalue weighted by Crippen LogP contribution is -2.51. The van der Waals surface area contributed by atoms with E-state index in [2.05, 4.69) is 29.6 Å². The third kappa shape index (κ3) is 4.45. The van der Waals surface area contributed by atoms with E-state index in [0.29, 0.717) is 5.92 Å². The number of carbonyl (C=O) groups is 1. The largest absolute Gasteiger partial charge is 0.351 e. The monoisotopic (exact) mass is 310 g/mol. The molecule has 1 saturated carbocycles. The molecule has 118 valence electrons. The second-order valence-electron chi connectivity index (χ2n) is 6.91. The summed E-state index contributed by atoms with van der Waals surface area (Å²) in [7, 11) is 0. The molecule has 3 N–H and O–H groups in total. The van der Waals surface area contributed by atoms with Gasteiger partial charge in [0, 0.05) is 12.0 Å². The van der Waals surface area contributed by atoms with Crippen molar-refractivity contribution >= 4 is 18.3 Å². The van der Waals surface area contributed by atoms with Crippen LogP contribution in [-0.4, -0.2) is 18.0 Å². The van der Waals surface area contributed by atoms with Crippen molar-refractivity contribution in [1.29, 1.82) is 0 Å². The first-order valence-corrected chi connectivity index (χ1v) is 7.50. The molecule has 1 aliphatic rings. The first-order chi connectivity index (χ1) is 9.39. The van der Waals surface area contributed by atoms with Crippen LogP contribution in [-0.2, 0) is 4.79 Å². The van der Waals surface area contributed by atoms with Crippen LogP contribution in [0.15, 0.2) is 30.3 Å². The van der Waals surface area contributed by atoms with Crippen LogP contribution in [0, 0.1) is 5.41 Å². The van der Waals surface area contributed by atoms with Gasteiger partial charge in [-0.3, -0.25) is 4.79 Å². The molecule has 3 nitrogen and oxygen atoms in total. The molecule has 1 aromatic carbocycles. The van der Waals surface area contributed by atoms with Crippen LogP contribution in [0.4, 0.5) is 0 Å². The Hall–Kier alpha value is -1.06. The maximum absolute atomic E-state index is 12.3. The summed E-state index contributed by atoms with van der Waals surface area (Å²) in [5.41, 5.74) is 7.16. The molecule has 4 heteroatoms. The third-order valence-corrected chi connectivity index (χ3v) is 4.29. The lowest BCUT2D eigenvalue weighted by atomic mass is 9.86. The number of hydrogen-bond acceptors (Lipinski definition) is 2. The first kappa shape index (κ1) is 18.0. The molecule has 1 fully saturated rings. The molecule has 0 heterocycles. The average molecular weight is 311 g/mol. The lowest BCUT2D eigenvalue weighted by molar-refractivity contribution is -0.125. The van der Waals surface area contributed by atoms with Crippen LogP contribution in [0.2, 0.25) is 0 Å². The number of carbonyl (C=O) groups excluding carboxylic acids is 1. The van der Waals surface area contributed by atoms with Crippen molar-refractivity contribution in [3.8, 4) is 0 Å². The van der Waals surface area contributed by atoms with Crippen LogP contribution < -0.4 is 11.1 Å². The quantitative estimate of drug-likeness (QED) is 0.900. The van der Waals surface area contributed by atoms with E-state index in [0.717, 1.165) is 19.3 Å². The van der Waals surface area contributed by atoms with Gasteiger partial charge in [-0.05, 0) is 23.8 Å². The van der Waals surface area contributed by atoms with Crippen molar-refractivity contribution in [2.24, 2.45) is 11.1 Å². The normalized spacial score (nSPS) is 23.2. The molecular weight excluding hydrogens is 284 g/mol. The standard InChI is InChI=1S/C17H26N2O.ClH/c1-17(2,3)15(18)16(20)19-14-11-7-10-13(14)12-8-5-4-6-9-12;/h4-6,8-9,13-15H,7,10-11,18H2,1-3H3,(H,19,20);1H/t13?,14?,15-;/m1./s1. The van der Waals surface area contributed by atoms with Crippen molar-refractivity contribution in [2.75, 3.05) is 0 Å². The fourth-order valence-electron chi connectivity index (χ4n) is 2.90. The highest BCUT2D eigenvalue weighted by atomic mass is 35.5. The van der Waals surface area contributed by atoms with E-state index in [1.165, 1.54) is 5.56 Å². The summed E-state index contributed by atoms with van der Waals surface area (Å²) in [6.07, 6.45) is 3.34. The van der Waals surface area contributed by atoms with E-state index in [4.69, 9.17) is 5.73 Å². The summed E-state index contributed by atoms with van der Waals surface area (Å²) in [6, 6.07) is 10.2. The van der Waals surface area contributed by atoms with Crippen LogP contribution in [0.1, 0.15) is 51.5 Å². The maximum atomic E-state index is 12.3. The summed E-state index contributed by atoms with van der Waals surface area (Å²) >= 11 is 0. The smallest absolute Gasteiger partial charge is 0.237 e. The van der Waals surface area contributed by atoms with E-state index < -0.39 is 6.04 Å². The Morgan fingerprint density at radius 3 is 2.43 bits per heavy atom. The second-order valence-corrected chi connectivity index (χ2v) is 6.91. The number of amides is 1. The zero-order valence-electron chi connectivity index (χ0n) is 13.1. The molecular formula is C17H27ClN2O. The number of nitrogens with two attached hydrogens (primary N) is 1. The molecule has 1 aliphatic carbocycles. The topological polar surface area (TPSA) is 55.1 Å². The van der Waals surface area contributed by atoms with E-state index in [-0.39, 0.29) is 29.8 Å². The van der Waals surface area contributed by atoms with Gasteiger partial charge in [0.2, 0.25) is 5.91 Å². The average Bonchev–Trinajstić information content (AvgIpc) is 2.86. The predicted molar refractivity (Wildman–Crippen MR) is 89.6 cm³/mol. The van der Waals surface area contributed by atoms with Gasteiger partial charge in [-0.1, -0.05) is 57.5 Å². The SMILES string of the molecule is CC(C)(C)[C@H](N)C(=O)NC1CCCC1c1ccccc1.Cl. The van der Waals surface area contributed by atoms with E-state index in [1.54, 1.807) is 0 Å². The Morgan fingerprint density at radius 2 is 1.86 bits per heavy atom. The Kier molecular flexibility index (Phi) is 6.24. The first-order valence-electron chi connectivity index (χ1n) is 7.50. The zero-order valence-corrected chi connectivity index (χ0v) is 14.0. The van der Waals surface area contributed by atoms with Crippen molar-refractivity contribution in [2.45, 2.75) is 58.0 Å². The third-order valence-electron chi connectivity index (χ3n) is 4.29. The zero-order chi connectivity index (χ0) is 14.8. The Labute approximate surface area is 134 Å². The Morgan fingerprint density at radius 1 is 1.24 bits per heavy atom. The Bertz CT molecular complexity index is 456. The van der Waals surface area contributed by atoms with Gasteiger partial charge in [0.05, 0.1) is 6.04 Å². The van der Waals surface area contributed by atoms with Gasteiger partial charge in [-0.25, -0.2) is 0 Å². The summed E-state index contributed by atoms with van der Waals surface area (Å²) in [5, 5.41) is 3.17. The molecule has 0 aromatic heterocycles. The summed E-state index contributed by atoms with van der Waals surface area (Å²) in [5.74, 6) is 0.401. The lowest BCUT2D eigenvalue weighted by Gasteiger charge is -2.29. The fourth-order valence-corrected chi connectivity index (χ4v) is 2.90. The molecule has 0 bridgehead atoms. The second kappa shape index (κ2) is 7.28. The molecule has 3 atom stereocenters. The number of nitrogens with one attached hydrogen (secondary N) is 1. The minimum Gasteiger partial charge on any atom is -0.351 e. The number of hydrogen-bond donors (Lipinski definition) is 2. The number of benzene rings is 1. The summed E-state index contributed by atoms with van der Waals surface area (Å²) in [6.45, 7) is 6.00. The van der Waals surface area contributed by atoms with Gasteiger partial charge in [0.15, 0.2) is 0 Å². The maximum Gasteiger partial charge on any atom is 0.237 e. The molecule has 2 unspecified atom stereocenters. The van der Waals surface area contributed by atoms with E-state index in [9.17, 15) is 4.79 Å². The van der Waals surface area contributed by atoms with Crippen LogP contribution in [0.5, 0.6) is 0 Å². The molecule has 1 amide bonds. The van der Waals surface area contributed by atoms with Crippen molar-refractivity contribution in [1.82, 2.24) is 5.32 Å². The van der Waals surface area contributed by atoms with Crippen LogP contribution >= 0.6 is 12.4 Å². The van der Waals surface area contributed by atoms with Gasteiger partial charge >= 0.3 is 0 Å².